The van der Waals surface area contributed by atoms with Crippen molar-refractivity contribution in [3.63, 3.8) is 0 Å². The molecule has 0 saturated carbocycles. The molecule has 0 unspecified atom stereocenters. The van der Waals surface area contributed by atoms with Crippen LogP contribution in [0.2, 0.25) is 0 Å². The third-order valence-corrected chi connectivity index (χ3v) is 2.77. The zero-order chi connectivity index (χ0) is 13.5. The van der Waals surface area contributed by atoms with Crippen molar-refractivity contribution in [1.29, 1.82) is 0 Å². The highest BCUT2D eigenvalue weighted by Gasteiger charge is 2.05. The van der Waals surface area contributed by atoms with Gasteiger partial charge in [-0.25, -0.2) is 0 Å². The fourth-order valence-corrected chi connectivity index (χ4v) is 1.83. The number of nitrogens with zero attached hydrogens (tertiary/aromatic N) is 2. The predicted molar refractivity (Wildman–Crippen MR) is 73.5 cm³/mol. The van der Waals surface area contributed by atoms with Crippen molar-refractivity contribution >= 4 is 0 Å². The van der Waals surface area contributed by atoms with E-state index in [2.05, 4.69) is 10.4 Å². The van der Waals surface area contributed by atoms with Crippen LogP contribution < -0.4 is 14.8 Å². The van der Waals surface area contributed by atoms with Crippen molar-refractivity contribution in [3.8, 4) is 11.5 Å². The van der Waals surface area contributed by atoms with Gasteiger partial charge in [0, 0.05) is 24.5 Å². The SMILES string of the molecule is CNCc1cc(OC)ccc1OCCn1cccn1. The van der Waals surface area contributed by atoms with Gasteiger partial charge in [-0.3, -0.25) is 4.68 Å². The van der Waals surface area contributed by atoms with Gasteiger partial charge in [0.05, 0.1) is 13.7 Å². The lowest BCUT2D eigenvalue weighted by molar-refractivity contribution is 0.287. The highest BCUT2D eigenvalue weighted by atomic mass is 16.5. The Hall–Kier alpha value is -2.01. The number of hydrogen-bond donors (Lipinski definition) is 1. The molecule has 0 spiro atoms. The van der Waals surface area contributed by atoms with Crippen molar-refractivity contribution < 1.29 is 9.47 Å². The second kappa shape index (κ2) is 6.80. The van der Waals surface area contributed by atoms with Crippen LogP contribution in [0.25, 0.3) is 0 Å². The number of methoxy groups -OCH3 is 1. The Morgan fingerprint density at radius 1 is 1.37 bits per heavy atom. The average molecular weight is 261 g/mol. The predicted octanol–water partition coefficient (Wildman–Crippen LogP) is 1.69. The Kier molecular flexibility index (Phi) is 4.80. The molecule has 102 valence electrons. The summed E-state index contributed by atoms with van der Waals surface area (Å²) in [5, 5.41) is 7.26. The Labute approximate surface area is 113 Å². The van der Waals surface area contributed by atoms with E-state index in [1.54, 1.807) is 13.3 Å². The number of benzene rings is 1. The van der Waals surface area contributed by atoms with Crippen LogP contribution >= 0.6 is 0 Å². The second-order valence-corrected chi connectivity index (χ2v) is 4.12. The van der Waals surface area contributed by atoms with Gasteiger partial charge in [-0.1, -0.05) is 0 Å². The molecule has 0 amide bonds. The van der Waals surface area contributed by atoms with E-state index in [9.17, 15) is 0 Å². The van der Waals surface area contributed by atoms with Crippen molar-refractivity contribution in [2.24, 2.45) is 0 Å². The zero-order valence-corrected chi connectivity index (χ0v) is 11.3. The summed E-state index contributed by atoms with van der Waals surface area (Å²) in [6, 6.07) is 7.73. The van der Waals surface area contributed by atoms with Gasteiger partial charge in [-0.2, -0.15) is 5.10 Å². The van der Waals surface area contributed by atoms with Gasteiger partial charge >= 0.3 is 0 Å². The van der Waals surface area contributed by atoms with E-state index in [1.165, 1.54) is 0 Å². The average Bonchev–Trinajstić information content (AvgIpc) is 2.94. The molecule has 0 fully saturated rings. The van der Waals surface area contributed by atoms with Gasteiger partial charge in [-0.15, -0.1) is 0 Å². The summed E-state index contributed by atoms with van der Waals surface area (Å²) in [7, 11) is 3.57. The lowest BCUT2D eigenvalue weighted by Gasteiger charge is -2.12. The molecule has 0 aliphatic carbocycles. The molecule has 0 bridgehead atoms. The van der Waals surface area contributed by atoms with Gasteiger partial charge in [0.15, 0.2) is 0 Å². The summed E-state index contributed by atoms with van der Waals surface area (Å²) < 4.78 is 12.9. The van der Waals surface area contributed by atoms with Crippen LogP contribution in [0, 0.1) is 0 Å². The van der Waals surface area contributed by atoms with Crippen LogP contribution in [0.5, 0.6) is 11.5 Å². The van der Waals surface area contributed by atoms with Crippen LogP contribution in [-0.4, -0.2) is 30.5 Å². The molecule has 2 rings (SSSR count). The maximum Gasteiger partial charge on any atom is 0.124 e. The summed E-state index contributed by atoms with van der Waals surface area (Å²) in [4.78, 5) is 0. The number of aromatic nitrogens is 2. The topological polar surface area (TPSA) is 48.3 Å². The standard InChI is InChI=1S/C14H19N3O2/c1-15-11-12-10-13(18-2)4-5-14(12)19-9-8-17-7-3-6-16-17/h3-7,10,15H,8-9,11H2,1-2H3. The molecule has 2 aromatic rings. The molecule has 0 aliphatic rings. The first-order chi connectivity index (χ1) is 9.33. The molecule has 0 radical (unpaired) electrons. The molecule has 5 nitrogen and oxygen atoms in total. The molecule has 0 atom stereocenters. The van der Waals surface area contributed by atoms with Crippen molar-refractivity contribution in [2.45, 2.75) is 13.1 Å². The third-order valence-electron chi connectivity index (χ3n) is 2.77. The van der Waals surface area contributed by atoms with E-state index >= 15 is 0 Å². The Morgan fingerprint density at radius 2 is 2.26 bits per heavy atom. The van der Waals surface area contributed by atoms with E-state index < -0.39 is 0 Å². The van der Waals surface area contributed by atoms with Gasteiger partial charge in [0.2, 0.25) is 0 Å². The van der Waals surface area contributed by atoms with Gasteiger partial charge in [-0.05, 0) is 31.3 Å². The lowest BCUT2D eigenvalue weighted by atomic mass is 10.2. The van der Waals surface area contributed by atoms with Gasteiger partial charge in [0.25, 0.3) is 0 Å². The molecule has 19 heavy (non-hydrogen) atoms. The van der Waals surface area contributed by atoms with Crippen molar-refractivity contribution in [3.05, 3.63) is 42.2 Å². The second-order valence-electron chi connectivity index (χ2n) is 4.12. The normalized spacial score (nSPS) is 10.4. The molecular formula is C14H19N3O2. The molecule has 0 aliphatic heterocycles. The largest absolute Gasteiger partial charge is 0.497 e. The smallest absolute Gasteiger partial charge is 0.124 e. The lowest BCUT2D eigenvalue weighted by Crippen LogP contribution is -2.11. The van der Waals surface area contributed by atoms with E-state index in [0.29, 0.717) is 6.61 Å². The Morgan fingerprint density at radius 3 is 2.95 bits per heavy atom. The minimum Gasteiger partial charge on any atom is -0.497 e. The first-order valence-corrected chi connectivity index (χ1v) is 6.25. The Balaban J connectivity index is 1.98. The first-order valence-electron chi connectivity index (χ1n) is 6.25. The maximum absolute atomic E-state index is 5.81. The minimum atomic E-state index is 0.588. The van der Waals surface area contributed by atoms with E-state index in [4.69, 9.17) is 9.47 Å². The molecule has 0 saturated heterocycles. The van der Waals surface area contributed by atoms with Crippen LogP contribution in [0.15, 0.2) is 36.7 Å². The fourth-order valence-electron chi connectivity index (χ4n) is 1.83. The maximum atomic E-state index is 5.81. The number of hydrogen-bond acceptors (Lipinski definition) is 4. The van der Waals surface area contributed by atoms with Crippen LogP contribution in [-0.2, 0) is 13.1 Å². The molecule has 5 heteroatoms. The summed E-state index contributed by atoms with van der Waals surface area (Å²) in [6.45, 7) is 2.07. The number of nitrogens with one attached hydrogen (secondary N) is 1. The zero-order valence-electron chi connectivity index (χ0n) is 11.3. The highest BCUT2D eigenvalue weighted by Crippen LogP contribution is 2.24. The van der Waals surface area contributed by atoms with E-state index in [-0.39, 0.29) is 0 Å². The van der Waals surface area contributed by atoms with Crippen molar-refractivity contribution in [2.75, 3.05) is 20.8 Å². The summed E-state index contributed by atoms with van der Waals surface area (Å²) in [5.41, 5.74) is 1.09. The number of ether oxygens (including phenoxy) is 2. The fraction of sp³-hybridized carbons (Fsp3) is 0.357. The molecule has 1 heterocycles. The van der Waals surface area contributed by atoms with Gasteiger partial charge in [0.1, 0.15) is 18.1 Å². The first kappa shape index (κ1) is 13.4. The molecule has 1 N–H and O–H groups in total. The van der Waals surface area contributed by atoms with Crippen LogP contribution in [0.1, 0.15) is 5.56 Å². The van der Waals surface area contributed by atoms with Crippen LogP contribution in [0.4, 0.5) is 0 Å². The quantitative estimate of drug-likeness (QED) is 0.824. The summed E-state index contributed by atoms with van der Waals surface area (Å²) >= 11 is 0. The summed E-state index contributed by atoms with van der Waals surface area (Å²) in [5.74, 6) is 1.71. The summed E-state index contributed by atoms with van der Waals surface area (Å²) in [6.07, 6.45) is 3.69. The van der Waals surface area contributed by atoms with Crippen LogP contribution in [0.3, 0.4) is 0 Å². The molecule has 1 aromatic heterocycles. The van der Waals surface area contributed by atoms with Gasteiger partial charge < -0.3 is 14.8 Å². The third kappa shape index (κ3) is 3.72. The number of rotatable bonds is 7. The monoisotopic (exact) mass is 261 g/mol. The molecule has 1 aromatic carbocycles. The van der Waals surface area contributed by atoms with E-state index in [1.807, 2.05) is 42.2 Å². The molecular weight excluding hydrogens is 242 g/mol. The van der Waals surface area contributed by atoms with Crippen molar-refractivity contribution in [1.82, 2.24) is 15.1 Å². The Bertz CT molecular complexity index is 497. The highest BCUT2D eigenvalue weighted by molar-refractivity contribution is 5.40. The van der Waals surface area contributed by atoms with E-state index in [0.717, 1.165) is 30.2 Å². The minimum absolute atomic E-state index is 0.588.